The Labute approximate surface area is 154 Å². The Hall–Kier alpha value is -2.17. The smallest absolute Gasteiger partial charge is 0.223 e. The zero-order chi connectivity index (χ0) is 18.0. The molecule has 1 saturated carbocycles. The van der Waals surface area contributed by atoms with Crippen molar-refractivity contribution in [1.82, 2.24) is 15.0 Å². The molecule has 5 nitrogen and oxygen atoms in total. The molecule has 2 aromatic rings. The van der Waals surface area contributed by atoms with Crippen molar-refractivity contribution in [1.29, 1.82) is 0 Å². The molecule has 1 aliphatic heterocycles. The van der Waals surface area contributed by atoms with Gasteiger partial charge in [-0.25, -0.2) is 0 Å². The number of likely N-dealkylation sites (tertiary alicyclic amines) is 1. The van der Waals surface area contributed by atoms with Crippen LogP contribution in [0.25, 0.3) is 0 Å². The second kappa shape index (κ2) is 7.22. The number of aryl methyl sites for hydroxylation is 2. The molecule has 0 bridgehead atoms. The summed E-state index contributed by atoms with van der Waals surface area (Å²) in [5.41, 5.74) is 1.22. The van der Waals surface area contributed by atoms with Gasteiger partial charge in [0.2, 0.25) is 11.8 Å². The summed E-state index contributed by atoms with van der Waals surface area (Å²) in [5.74, 6) is 2.56. The Morgan fingerprint density at radius 3 is 2.58 bits per heavy atom. The van der Waals surface area contributed by atoms with Crippen molar-refractivity contribution < 1.29 is 9.32 Å². The summed E-state index contributed by atoms with van der Waals surface area (Å²) in [5, 5.41) is 4.25. The van der Waals surface area contributed by atoms with Gasteiger partial charge in [-0.2, -0.15) is 4.98 Å². The van der Waals surface area contributed by atoms with E-state index >= 15 is 0 Å². The minimum Gasteiger partial charge on any atom is -0.343 e. The summed E-state index contributed by atoms with van der Waals surface area (Å²) >= 11 is 0. The molecule has 0 radical (unpaired) electrons. The van der Waals surface area contributed by atoms with Crippen LogP contribution in [-0.2, 0) is 16.6 Å². The summed E-state index contributed by atoms with van der Waals surface area (Å²) in [7, 11) is 0. The van der Waals surface area contributed by atoms with Gasteiger partial charge in [0.25, 0.3) is 0 Å². The SMILES string of the molecule is Cc1nc(C2(CC3CC3)CCN(C(=O)CCc3ccccc3)CC2)no1. The molecular weight excluding hydrogens is 326 g/mol. The Morgan fingerprint density at radius 2 is 1.96 bits per heavy atom. The van der Waals surface area contributed by atoms with E-state index in [4.69, 9.17) is 4.52 Å². The molecule has 2 heterocycles. The van der Waals surface area contributed by atoms with Gasteiger partial charge in [0.05, 0.1) is 0 Å². The maximum absolute atomic E-state index is 12.6. The van der Waals surface area contributed by atoms with Gasteiger partial charge in [-0.3, -0.25) is 4.79 Å². The summed E-state index contributed by atoms with van der Waals surface area (Å²) in [6, 6.07) is 10.2. The van der Waals surface area contributed by atoms with Crippen LogP contribution in [0.3, 0.4) is 0 Å². The van der Waals surface area contributed by atoms with Crippen molar-refractivity contribution in [3.8, 4) is 0 Å². The molecule has 0 spiro atoms. The lowest BCUT2D eigenvalue weighted by molar-refractivity contribution is -0.132. The van der Waals surface area contributed by atoms with Crippen LogP contribution < -0.4 is 0 Å². The number of aromatic nitrogens is 2. The molecular formula is C21H27N3O2. The summed E-state index contributed by atoms with van der Waals surface area (Å²) < 4.78 is 5.26. The van der Waals surface area contributed by atoms with Crippen LogP contribution in [-0.4, -0.2) is 34.0 Å². The van der Waals surface area contributed by atoms with Crippen molar-refractivity contribution in [3.63, 3.8) is 0 Å². The Morgan fingerprint density at radius 1 is 1.23 bits per heavy atom. The number of hydrogen-bond acceptors (Lipinski definition) is 4. The van der Waals surface area contributed by atoms with E-state index in [9.17, 15) is 4.79 Å². The average molecular weight is 353 g/mol. The molecule has 2 fully saturated rings. The van der Waals surface area contributed by atoms with Gasteiger partial charge in [0.1, 0.15) is 0 Å². The highest BCUT2D eigenvalue weighted by molar-refractivity contribution is 5.76. The quantitative estimate of drug-likeness (QED) is 0.795. The van der Waals surface area contributed by atoms with Crippen LogP contribution in [0.4, 0.5) is 0 Å². The van der Waals surface area contributed by atoms with Gasteiger partial charge in [-0.05, 0) is 37.2 Å². The van der Waals surface area contributed by atoms with Crippen molar-refractivity contribution in [2.45, 2.75) is 57.3 Å². The molecule has 1 aromatic heterocycles. The van der Waals surface area contributed by atoms with Gasteiger partial charge in [0.15, 0.2) is 5.82 Å². The first-order valence-electron chi connectivity index (χ1n) is 9.77. The van der Waals surface area contributed by atoms with E-state index in [1.54, 1.807) is 0 Å². The van der Waals surface area contributed by atoms with Gasteiger partial charge < -0.3 is 9.42 Å². The van der Waals surface area contributed by atoms with Crippen LogP contribution >= 0.6 is 0 Å². The predicted molar refractivity (Wildman–Crippen MR) is 98.6 cm³/mol. The number of carbonyl (C=O) groups is 1. The fraction of sp³-hybridized carbons (Fsp3) is 0.571. The lowest BCUT2D eigenvalue weighted by Gasteiger charge is -2.40. The average Bonchev–Trinajstić information content (AvgIpc) is 3.37. The largest absolute Gasteiger partial charge is 0.343 e. The molecule has 2 aliphatic rings. The number of nitrogens with zero attached hydrogens (tertiary/aromatic N) is 3. The molecule has 1 aromatic carbocycles. The molecule has 5 heteroatoms. The number of hydrogen-bond donors (Lipinski definition) is 0. The van der Waals surface area contributed by atoms with E-state index in [1.807, 2.05) is 30.0 Å². The van der Waals surface area contributed by atoms with E-state index in [-0.39, 0.29) is 11.3 Å². The van der Waals surface area contributed by atoms with E-state index < -0.39 is 0 Å². The van der Waals surface area contributed by atoms with Crippen LogP contribution in [0, 0.1) is 12.8 Å². The molecule has 0 unspecified atom stereocenters. The molecule has 1 aliphatic carbocycles. The van der Waals surface area contributed by atoms with E-state index in [1.165, 1.54) is 18.4 Å². The normalized spacial score (nSPS) is 19.5. The highest BCUT2D eigenvalue weighted by Gasteiger charge is 2.44. The van der Waals surface area contributed by atoms with Crippen molar-refractivity contribution in [2.75, 3.05) is 13.1 Å². The minimum atomic E-state index is -0.00482. The fourth-order valence-corrected chi connectivity index (χ4v) is 4.15. The van der Waals surface area contributed by atoms with Crippen LogP contribution in [0.1, 0.15) is 55.8 Å². The zero-order valence-electron chi connectivity index (χ0n) is 15.5. The summed E-state index contributed by atoms with van der Waals surface area (Å²) in [6.45, 7) is 3.45. The van der Waals surface area contributed by atoms with E-state index in [0.717, 1.165) is 50.5 Å². The third kappa shape index (κ3) is 3.81. The van der Waals surface area contributed by atoms with E-state index in [0.29, 0.717) is 12.3 Å². The highest BCUT2D eigenvalue weighted by atomic mass is 16.5. The molecule has 0 N–H and O–H groups in total. The fourth-order valence-electron chi connectivity index (χ4n) is 4.15. The third-order valence-electron chi connectivity index (χ3n) is 5.92. The number of piperidine rings is 1. The first-order chi connectivity index (χ1) is 12.6. The van der Waals surface area contributed by atoms with Gasteiger partial charge >= 0.3 is 0 Å². The summed E-state index contributed by atoms with van der Waals surface area (Å²) in [4.78, 5) is 19.2. The lowest BCUT2D eigenvalue weighted by Crippen LogP contribution is -2.46. The maximum Gasteiger partial charge on any atom is 0.223 e. The molecule has 138 valence electrons. The number of amides is 1. The van der Waals surface area contributed by atoms with E-state index in [2.05, 4.69) is 22.3 Å². The molecule has 4 rings (SSSR count). The Bertz CT molecular complexity index is 744. The van der Waals surface area contributed by atoms with Crippen molar-refractivity contribution in [2.24, 2.45) is 5.92 Å². The predicted octanol–water partition coefficient (Wildman–Crippen LogP) is 3.67. The van der Waals surface area contributed by atoms with Crippen molar-refractivity contribution in [3.05, 3.63) is 47.6 Å². The van der Waals surface area contributed by atoms with Gasteiger partial charge in [-0.1, -0.05) is 48.3 Å². The summed E-state index contributed by atoms with van der Waals surface area (Å²) in [6.07, 6.45) is 7.06. The van der Waals surface area contributed by atoms with Crippen LogP contribution in [0.15, 0.2) is 34.9 Å². The molecule has 1 amide bonds. The Kier molecular flexibility index (Phi) is 4.79. The minimum absolute atomic E-state index is 0.00482. The topological polar surface area (TPSA) is 59.2 Å². The zero-order valence-corrected chi connectivity index (χ0v) is 15.5. The first-order valence-corrected chi connectivity index (χ1v) is 9.77. The molecule has 26 heavy (non-hydrogen) atoms. The highest BCUT2D eigenvalue weighted by Crippen LogP contribution is 2.46. The van der Waals surface area contributed by atoms with Crippen LogP contribution in [0.5, 0.6) is 0 Å². The number of benzene rings is 1. The standard InChI is InChI=1S/C21H27N3O2/c1-16-22-20(23-26-16)21(15-18-7-8-18)11-13-24(14-12-21)19(25)10-9-17-5-3-2-4-6-17/h2-6,18H,7-15H2,1H3. The van der Waals surface area contributed by atoms with Crippen molar-refractivity contribution >= 4 is 5.91 Å². The third-order valence-corrected chi connectivity index (χ3v) is 5.92. The van der Waals surface area contributed by atoms with Crippen LogP contribution in [0.2, 0.25) is 0 Å². The second-order valence-corrected chi connectivity index (χ2v) is 7.93. The molecule has 1 saturated heterocycles. The maximum atomic E-state index is 12.6. The number of carbonyl (C=O) groups excluding carboxylic acids is 1. The molecule has 0 atom stereocenters. The second-order valence-electron chi connectivity index (χ2n) is 7.93. The Balaban J connectivity index is 1.37. The number of rotatable bonds is 6. The van der Waals surface area contributed by atoms with Gasteiger partial charge in [-0.15, -0.1) is 0 Å². The monoisotopic (exact) mass is 353 g/mol. The first kappa shape index (κ1) is 17.3. The lowest BCUT2D eigenvalue weighted by atomic mass is 9.73. The van der Waals surface area contributed by atoms with Gasteiger partial charge in [0, 0.05) is 31.8 Å².